The number of carbonyl (C=O) groups excluding carboxylic acids is 3. The normalized spacial score (nSPS) is 23.4. The van der Waals surface area contributed by atoms with Gasteiger partial charge in [-0.2, -0.15) is 0 Å². The summed E-state index contributed by atoms with van der Waals surface area (Å²) in [7, 11) is 0. The van der Waals surface area contributed by atoms with E-state index in [1.165, 1.54) is 17.7 Å². The Labute approximate surface area is 119 Å². The van der Waals surface area contributed by atoms with Crippen LogP contribution in [0.5, 0.6) is 0 Å². The van der Waals surface area contributed by atoms with E-state index in [9.17, 15) is 14.4 Å². The number of hydrogen-bond donors (Lipinski definition) is 2. The lowest BCUT2D eigenvalue weighted by Gasteiger charge is -2.28. The second-order valence-electron chi connectivity index (χ2n) is 6.16. The van der Waals surface area contributed by atoms with Crippen LogP contribution in [0.4, 0.5) is 4.79 Å². The van der Waals surface area contributed by atoms with E-state index >= 15 is 0 Å². The Morgan fingerprint density at radius 3 is 2.35 bits per heavy atom. The van der Waals surface area contributed by atoms with Crippen molar-refractivity contribution in [3.8, 4) is 0 Å². The fourth-order valence-corrected chi connectivity index (χ4v) is 2.80. The Kier molecular flexibility index (Phi) is 4.30. The summed E-state index contributed by atoms with van der Waals surface area (Å²) in [4.78, 5) is 36.7. The number of nitrogens with zero attached hydrogens (tertiary/aromatic N) is 1. The van der Waals surface area contributed by atoms with Gasteiger partial charge in [-0.25, -0.2) is 4.79 Å². The average Bonchev–Trinajstić information content (AvgIpc) is 2.59. The smallest absolute Gasteiger partial charge is 0.325 e. The summed E-state index contributed by atoms with van der Waals surface area (Å²) in [6.07, 6.45) is 6.73. The molecule has 0 radical (unpaired) electrons. The topological polar surface area (TPSA) is 78.5 Å². The van der Waals surface area contributed by atoms with E-state index in [1.54, 1.807) is 13.8 Å². The molecule has 1 aliphatic carbocycles. The molecule has 1 saturated heterocycles. The lowest BCUT2D eigenvalue weighted by atomic mass is 10.0. The fraction of sp³-hybridized carbons (Fsp3) is 0.786. The van der Waals surface area contributed by atoms with Gasteiger partial charge in [0.15, 0.2) is 0 Å². The first-order chi connectivity index (χ1) is 9.41. The standard InChI is InChI=1S/C14H23N3O3/c1-14(2)12(19)16-13(20)17(14)9-11(18)15-10-7-5-3-4-6-8-10/h10H,3-9H2,1-2H3,(H,15,18)(H,16,19,20). The summed E-state index contributed by atoms with van der Waals surface area (Å²) in [5.74, 6) is -0.542. The summed E-state index contributed by atoms with van der Waals surface area (Å²) >= 11 is 0. The van der Waals surface area contributed by atoms with Gasteiger partial charge in [-0.15, -0.1) is 0 Å². The van der Waals surface area contributed by atoms with Crippen molar-refractivity contribution in [1.29, 1.82) is 0 Å². The molecule has 0 unspecified atom stereocenters. The molecular formula is C14H23N3O3. The molecule has 2 rings (SSSR count). The van der Waals surface area contributed by atoms with Gasteiger partial charge < -0.3 is 10.2 Å². The third-order valence-corrected chi connectivity index (χ3v) is 4.22. The van der Waals surface area contributed by atoms with Crippen LogP contribution in [0.1, 0.15) is 52.4 Å². The monoisotopic (exact) mass is 281 g/mol. The number of rotatable bonds is 3. The maximum atomic E-state index is 12.1. The van der Waals surface area contributed by atoms with Crippen LogP contribution in [0.3, 0.4) is 0 Å². The molecule has 6 nitrogen and oxygen atoms in total. The summed E-state index contributed by atoms with van der Waals surface area (Å²) < 4.78 is 0. The van der Waals surface area contributed by atoms with Crippen molar-refractivity contribution >= 4 is 17.8 Å². The zero-order valence-corrected chi connectivity index (χ0v) is 12.2. The van der Waals surface area contributed by atoms with Crippen molar-refractivity contribution < 1.29 is 14.4 Å². The minimum Gasteiger partial charge on any atom is -0.352 e. The van der Waals surface area contributed by atoms with Crippen LogP contribution in [0.15, 0.2) is 0 Å². The molecular weight excluding hydrogens is 258 g/mol. The van der Waals surface area contributed by atoms with Crippen LogP contribution in [-0.4, -0.2) is 40.9 Å². The lowest BCUT2D eigenvalue weighted by Crippen LogP contribution is -2.50. The number of amides is 4. The Morgan fingerprint density at radius 1 is 1.25 bits per heavy atom. The first-order valence-electron chi connectivity index (χ1n) is 7.33. The highest BCUT2D eigenvalue weighted by atomic mass is 16.2. The Hall–Kier alpha value is -1.59. The van der Waals surface area contributed by atoms with Crippen molar-refractivity contribution in [1.82, 2.24) is 15.5 Å². The van der Waals surface area contributed by atoms with E-state index in [-0.39, 0.29) is 24.4 Å². The minimum atomic E-state index is -0.960. The zero-order chi connectivity index (χ0) is 14.8. The molecule has 0 bridgehead atoms. The SMILES string of the molecule is CC1(C)C(=O)NC(=O)N1CC(=O)NC1CCCCCC1. The highest BCUT2D eigenvalue weighted by Crippen LogP contribution is 2.21. The second-order valence-corrected chi connectivity index (χ2v) is 6.16. The quantitative estimate of drug-likeness (QED) is 0.602. The summed E-state index contributed by atoms with van der Waals surface area (Å²) in [5.41, 5.74) is -0.960. The first kappa shape index (κ1) is 14.8. The van der Waals surface area contributed by atoms with Crippen LogP contribution in [0.2, 0.25) is 0 Å². The average molecular weight is 281 g/mol. The van der Waals surface area contributed by atoms with Gasteiger partial charge in [0.05, 0.1) is 0 Å². The highest BCUT2D eigenvalue weighted by Gasteiger charge is 2.46. The van der Waals surface area contributed by atoms with E-state index in [1.807, 2.05) is 0 Å². The molecule has 2 fully saturated rings. The lowest BCUT2D eigenvalue weighted by molar-refractivity contribution is -0.127. The number of imide groups is 1. The van der Waals surface area contributed by atoms with Gasteiger partial charge in [0.25, 0.3) is 5.91 Å². The van der Waals surface area contributed by atoms with Crippen molar-refractivity contribution in [2.75, 3.05) is 6.54 Å². The maximum Gasteiger partial charge on any atom is 0.325 e. The molecule has 0 atom stereocenters. The number of nitrogens with one attached hydrogen (secondary N) is 2. The molecule has 2 aliphatic rings. The van der Waals surface area contributed by atoms with E-state index in [0.717, 1.165) is 25.7 Å². The molecule has 0 aromatic carbocycles. The summed E-state index contributed by atoms with van der Waals surface area (Å²) in [6.45, 7) is 3.22. The van der Waals surface area contributed by atoms with Gasteiger partial charge in [0, 0.05) is 6.04 Å². The largest absolute Gasteiger partial charge is 0.352 e. The molecule has 0 aromatic heterocycles. The third kappa shape index (κ3) is 3.11. The van der Waals surface area contributed by atoms with E-state index in [2.05, 4.69) is 10.6 Å². The van der Waals surface area contributed by atoms with Crippen LogP contribution in [0, 0.1) is 0 Å². The Balaban J connectivity index is 1.90. The van der Waals surface area contributed by atoms with E-state index in [4.69, 9.17) is 0 Å². The van der Waals surface area contributed by atoms with Gasteiger partial charge in [0.1, 0.15) is 12.1 Å². The molecule has 0 spiro atoms. The van der Waals surface area contributed by atoms with Gasteiger partial charge in [-0.3, -0.25) is 14.9 Å². The van der Waals surface area contributed by atoms with Crippen LogP contribution < -0.4 is 10.6 Å². The predicted octanol–water partition coefficient (Wildman–Crippen LogP) is 1.16. The van der Waals surface area contributed by atoms with E-state index in [0.29, 0.717) is 0 Å². The molecule has 2 N–H and O–H groups in total. The van der Waals surface area contributed by atoms with E-state index < -0.39 is 11.6 Å². The molecule has 4 amide bonds. The molecule has 0 aromatic rings. The van der Waals surface area contributed by atoms with Crippen molar-refractivity contribution in [2.45, 2.75) is 64.0 Å². The van der Waals surface area contributed by atoms with Gasteiger partial charge >= 0.3 is 6.03 Å². The number of hydrogen-bond acceptors (Lipinski definition) is 3. The fourth-order valence-electron chi connectivity index (χ4n) is 2.80. The van der Waals surface area contributed by atoms with Crippen LogP contribution in [-0.2, 0) is 9.59 Å². The van der Waals surface area contributed by atoms with Gasteiger partial charge in [0.2, 0.25) is 5.91 Å². The number of carbonyl (C=O) groups is 3. The summed E-state index contributed by atoms with van der Waals surface area (Å²) in [5, 5.41) is 5.23. The van der Waals surface area contributed by atoms with Gasteiger partial charge in [-0.1, -0.05) is 25.7 Å². The molecule has 112 valence electrons. The molecule has 1 aliphatic heterocycles. The van der Waals surface area contributed by atoms with Crippen molar-refractivity contribution in [3.63, 3.8) is 0 Å². The number of urea groups is 1. The predicted molar refractivity (Wildman–Crippen MR) is 74.0 cm³/mol. The van der Waals surface area contributed by atoms with Crippen LogP contribution in [0.25, 0.3) is 0 Å². The van der Waals surface area contributed by atoms with Crippen molar-refractivity contribution in [2.24, 2.45) is 0 Å². The summed E-state index contributed by atoms with van der Waals surface area (Å²) in [6, 6.07) is -0.287. The Bertz CT molecular complexity index is 412. The Morgan fingerprint density at radius 2 is 1.85 bits per heavy atom. The minimum absolute atomic E-state index is 0.0684. The third-order valence-electron chi connectivity index (χ3n) is 4.22. The van der Waals surface area contributed by atoms with Crippen LogP contribution >= 0.6 is 0 Å². The maximum absolute atomic E-state index is 12.1. The second kappa shape index (κ2) is 5.81. The first-order valence-corrected chi connectivity index (χ1v) is 7.33. The zero-order valence-electron chi connectivity index (χ0n) is 12.2. The van der Waals surface area contributed by atoms with Crippen molar-refractivity contribution in [3.05, 3.63) is 0 Å². The molecule has 1 heterocycles. The van der Waals surface area contributed by atoms with Gasteiger partial charge in [-0.05, 0) is 26.7 Å². The molecule has 6 heteroatoms. The molecule has 20 heavy (non-hydrogen) atoms. The highest BCUT2D eigenvalue weighted by molar-refractivity contribution is 6.07. The molecule has 1 saturated carbocycles.